The van der Waals surface area contributed by atoms with Crippen LogP contribution in [-0.4, -0.2) is 29.0 Å². The summed E-state index contributed by atoms with van der Waals surface area (Å²) in [5.41, 5.74) is 5.98. The van der Waals surface area contributed by atoms with Gasteiger partial charge in [-0.3, -0.25) is 4.79 Å². The third kappa shape index (κ3) is 2.21. The molecule has 0 radical (unpaired) electrons. The van der Waals surface area contributed by atoms with Gasteiger partial charge in [0.1, 0.15) is 0 Å². The Hall–Kier alpha value is -1.71. The molecule has 3 N–H and O–H groups in total. The molecule has 0 aliphatic rings. The largest absolute Gasteiger partial charge is 0.505 e. The van der Waals surface area contributed by atoms with Crippen molar-refractivity contribution in [3.05, 3.63) is 23.8 Å². The molecule has 1 rings (SSSR count). The lowest BCUT2D eigenvalue weighted by molar-refractivity contribution is 0.0752. The van der Waals surface area contributed by atoms with Gasteiger partial charge >= 0.3 is 0 Å². The molecule has 1 aromatic rings. The van der Waals surface area contributed by atoms with Crippen LogP contribution in [0, 0.1) is 0 Å². The van der Waals surface area contributed by atoms with E-state index in [4.69, 9.17) is 5.73 Å². The minimum absolute atomic E-state index is 0.0818. The summed E-state index contributed by atoms with van der Waals surface area (Å²) in [5, 5.41) is 9.63. The van der Waals surface area contributed by atoms with Crippen LogP contribution < -0.4 is 5.73 Å². The monoisotopic (exact) mass is 208 g/mol. The fraction of sp³-hybridized carbons (Fsp3) is 0.364. The molecule has 1 amide bonds. The van der Waals surface area contributed by atoms with Crippen LogP contribution in [-0.2, 0) is 0 Å². The number of hydrogen-bond acceptors (Lipinski definition) is 3. The molecule has 82 valence electrons. The highest BCUT2D eigenvalue weighted by atomic mass is 16.3. The number of carbonyl (C=O) groups is 1. The number of phenolic OH excluding ortho intramolecular Hbond substituents is 1. The summed E-state index contributed by atoms with van der Waals surface area (Å²) in [6.07, 6.45) is 0. The van der Waals surface area contributed by atoms with Crippen molar-refractivity contribution in [1.82, 2.24) is 4.90 Å². The molecule has 15 heavy (non-hydrogen) atoms. The summed E-state index contributed by atoms with van der Waals surface area (Å²) in [7, 11) is 1.69. The number of nitrogen functional groups attached to an aromatic ring is 1. The van der Waals surface area contributed by atoms with E-state index < -0.39 is 0 Å². The Balaban J connectivity index is 3.07. The molecule has 0 spiro atoms. The number of rotatable bonds is 2. The van der Waals surface area contributed by atoms with Gasteiger partial charge in [-0.25, -0.2) is 0 Å². The smallest absolute Gasteiger partial charge is 0.257 e. The Kier molecular flexibility index (Phi) is 3.19. The average molecular weight is 208 g/mol. The molecule has 0 aliphatic heterocycles. The molecule has 0 unspecified atom stereocenters. The van der Waals surface area contributed by atoms with E-state index in [1.54, 1.807) is 30.1 Å². The van der Waals surface area contributed by atoms with E-state index in [0.29, 0.717) is 0 Å². The van der Waals surface area contributed by atoms with Crippen LogP contribution >= 0.6 is 0 Å². The maximum Gasteiger partial charge on any atom is 0.257 e. The van der Waals surface area contributed by atoms with Gasteiger partial charge in [-0.2, -0.15) is 0 Å². The Morgan fingerprint density at radius 1 is 1.47 bits per heavy atom. The van der Waals surface area contributed by atoms with E-state index in [9.17, 15) is 9.90 Å². The predicted molar refractivity (Wildman–Crippen MR) is 59.7 cm³/mol. The van der Waals surface area contributed by atoms with Crippen molar-refractivity contribution in [3.8, 4) is 5.75 Å². The lowest BCUT2D eigenvalue weighted by Crippen LogP contribution is -2.33. The molecule has 1 aromatic carbocycles. The number of anilines is 1. The van der Waals surface area contributed by atoms with Gasteiger partial charge in [0.25, 0.3) is 5.91 Å². The van der Waals surface area contributed by atoms with Crippen molar-refractivity contribution < 1.29 is 9.90 Å². The van der Waals surface area contributed by atoms with Crippen molar-refractivity contribution in [3.63, 3.8) is 0 Å². The quantitative estimate of drug-likeness (QED) is 0.571. The van der Waals surface area contributed by atoms with Crippen molar-refractivity contribution in [1.29, 1.82) is 0 Å². The van der Waals surface area contributed by atoms with Gasteiger partial charge in [0.05, 0.1) is 11.3 Å². The number of nitrogens with two attached hydrogens (primary N) is 1. The van der Waals surface area contributed by atoms with Gasteiger partial charge in [-0.15, -0.1) is 0 Å². The zero-order chi connectivity index (χ0) is 11.6. The summed E-state index contributed by atoms with van der Waals surface area (Å²) in [4.78, 5) is 13.4. The molecular formula is C11H16N2O2. The molecule has 4 nitrogen and oxygen atoms in total. The molecule has 0 saturated heterocycles. The first-order valence-electron chi connectivity index (χ1n) is 4.79. The van der Waals surface area contributed by atoms with Crippen molar-refractivity contribution >= 4 is 11.6 Å². The SMILES string of the molecule is CC(C)N(C)C(=O)c1cccc(N)c1O. The number of phenols is 1. The summed E-state index contributed by atoms with van der Waals surface area (Å²) in [6.45, 7) is 3.81. The normalized spacial score (nSPS) is 10.4. The molecular weight excluding hydrogens is 192 g/mol. The number of aromatic hydroxyl groups is 1. The van der Waals surface area contributed by atoms with Crippen molar-refractivity contribution in [2.24, 2.45) is 0 Å². The fourth-order valence-corrected chi connectivity index (χ4v) is 1.16. The Morgan fingerprint density at radius 3 is 2.60 bits per heavy atom. The zero-order valence-electron chi connectivity index (χ0n) is 9.19. The second kappa shape index (κ2) is 4.21. The van der Waals surface area contributed by atoms with Gasteiger partial charge in [0, 0.05) is 13.1 Å². The van der Waals surface area contributed by atoms with Crippen LogP contribution in [0.2, 0.25) is 0 Å². The highest BCUT2D eigenvalue weighted by Crippen LogP contribution is 2.25. The van der Waals surface area contributed by atoms with Crippen molar-refractivity contribution in [2.75, 3.05) is 12.8 Å². The topological polar surface area (TPSA) is 66.6 Å². The highest BCUT2D eigenvalue weighted by Gasteiger charge is 2.18. The van der Waals surface area contributed by atoms with Gasteiger partial charge in [-0.05, 0) is 26.0 Å². The summed E-state index contributed by atoms with van der Waals surface area (Å²) < 4.78 is 0. The molecule has 0 aromatic heterocycles. The molecule has 0 aliphatic carbocycles. The Morgan fingerprint density at radius 2 is 2.07 bits per heavy atom. The second-order valence-corrected chi connectivity index (χ2v) is 3.75. The molecule has 0 fully saturated rings. The van der Waals surface area contributed by atoms with E-state index in [2.05, 4.69) is 0 Å². The minimum Gasteiger partial charge on any atom is -0.505 e. The molecule has 0 atom stereocenters. The van der Waals surface area contributed by atoms with Gasteiger partial charge in [0.15, 0.2) is 5.75 Å². The van der Waals surface area contributed by atoms with Gasteiger partial charge in [0.2, 0.25) is 0 Å². The number of amides is 1. The molecule has 4 heteroatoms. The number of para-hydroxylation sites is 1. The summed E-state index contributed by atoms with van der Waals surface area (Å²) in [5.74, 6) is -0.371. The molecule has 0 saturated carbocycles. The second-order valence-electron chi connectivity index (χ2n) is 3.75. The maximum atomic E-state index is 11.9. The van der Waals surface area contributed by atoms with Gasteiger partial charge < -0.3 is 15.7 Å². The van der Waals surface area contributed by atoms with Crippen LogP contribution in [0.1, 0.15) is 24.2 Å². The van der Waals surface area contributed by atoms with E-state index in [1.807, 2.05) is 13.8 Å². The molecule has 0 bridgehead atoms. The average Bonchev–Trinajstić information content (AvgIpc) is 2.20. The van der Waals surface area contributed by atoms with Crippen LogP contribution in [0.3, 0.4) is 0 Å². The fourth-order valence-electron chi connectivity index (χ4n) is 1.16. The first-order chi connectivity index (χ1) is 6.95. The van der Waals surface area contributed by atoms with Crippen LogP contribution in [0.5, 0.6) is 5.75 Å². The number of nitrogens with zero attached hydrogens (tertiary/aromatic N) is 1. The van der Waals surface area contributed by atoms with Crippen LogP contribution in [0.15, 0.2) is 18.2 Å². The van der Waals surface area contributed by atoms with E-state index in [1.165, 1.54) is 0 Å². The first kappa shape index (κ1) is 11.4. The third-order valence-electron chi connectivity index (χ3n) is 2.39. The van der Waals surface area contributed by atoms with Crippen LogP contribution in [0.25, 0.3) is 0 Å². The lowest BCUT2D eigenvalue weighted by Gasteiger charge is -2.22. The number of hydrogen-bond donors (Lipinski definition) is 2. The van der Waals surface area contributed by atoms with E-state index >= 15 is 0 Å². The van der Waals surface area contributed by atoms with Crippen LogP contribution in [0.4, 0.5) is 5.69 Å². The predicted octanol–water partition coefficient (Wildman–Crippen LogP) is 1.45. The first-order valence-corrected chi connectivity index (χ1v) is 4.79. The number of carbonyl (C=O) groups excluding carboxylic acids is 1. The third-order valence-corrected chi connectivity index (χ3v) is 2.39. The lowest BCUT2D eigenvalue weighted by atomic mass is 10.1. The standard InChI is InChI=1S/C11H16N2O2/c1-7(2)13(3)11(15)8-5-4-6-9(12)10(8)14/h4-7,14H,12H2,1-3H3. The van der Waals surface area contributed by atoms with Gasteiger partial charge in [-0.1, -0.05) is 6.07 Å². The number of benzene rings is 1. The Labute approximate surface area is 89.3 Å². The maximum absolute atomic E-state index is 11.9. The Bertz CT molecular complexity index is 375. The van der Waals surface area contributed by atoms with E-state index in [0.717, 1.165) is 0 Å². The summed E-state index contributed by atoms with van der Waals surface area (Å²) >= 11 is 0. The zero-order valence-corrected chi connectivity index (χ0v) is 9.19. The molecule has 0 heterocycles. The highest BCUT2D eigenvalue weighted by molar-refractivity contribution is 5.98. The van der Waals surface area contributed by atoms with E-state index in [-0.39, 0.29) is 28.9 Å². The summed E-state index contributed by atoms with van der Waals surface area (Å²) in [6, 6.07) is 4.85. The van der Waals surface area contributed by atoms with Crippen molar-refractivity contribution in [2.45, 2.75) is 19.9 Å². The minimum atomic E-state index is -0.227.